The van der Waals surface area contributed by atoms with Crippen LogP contribution >= 0.6 is 0 Å². The SMILES string of the molecule is Cc1ccc(C(=O)NC(C(=O)NC23CC4CC(CC(C4)C2)C3)C(C)C)cc1. The maximum Gasteiger partial charge on any atom is 0.251 e. The van der Waals surface area contributed by atoms with Gasteiger partial charge in [0.15, 0.2) is 0 Å². The van der Waals surface area contributed by atoms with E-state index in [2.05, 4.69) is 10.6 Å². The van der Waals surface area contributed by atoms with Crippen molar-refractivity contribution in [3.63, 3.8) is 0 Å². The van der Waals surface area contributed by atoms with Gasteiger partial charge in [-0.1, -0.05) is 31.5 Å². The van der Waals surface area contributed by atoms with Crippen LogP contribution < -0.4 is 10.6 Å². The zero-order valence-electron chi connectivity index (χ0n) is 16.8. The van der Waals surface area contributed by atoms with Crippen molar-refractivity contribution >= 4 is 11.8 Å². The van der Waals surface area contributed by atoms with Gasteiger partial charge in [0.2, 0.25) is 5.91 Å². The Balaban J connectivity index is 1.45. The first-order valence-corrected chi connectivity index (χ1v) is 10.5. The predicted molar refractivity (Wildman–Crippen MR) is 106 cm³/mol. The van der Waals surface area contributed by atoms with Crippen molar-refractivity contribution in [2.75, 3.05) is 0 Å². The van der Waals surface area contributed by atoms with Crippen molar-refractivity contribution in [2.45, 2.75) is 70.9 Å². The molecule has 0 radical (unpaired) electrons. The summed E-state index contributed by atoms with van der Waals surface area (Å²) in [5.74, 6) is 2.23. The third-order valence-corrected chi connectivity index (χ3v) is 6.98. The van der Waals surface area contributed by atoms with Gasteiger partial charge in [-0.05, 0) is 81.3 Å². The molecular formula is C23H32N2O2. The third-order valence-electron chi connectivity index (χ3n) is 6.98. The second kappa shape index (κ2) is 6.96. The van der Waals surface area contributed by atoms with E-state index in [4.69, 9.17) is 0 Å². The first kappa shape index (κ1) is 18.5. The van der Waals surface area contributed by atoms with E-state index in [0.29, 0.717) is 5.56 Å². The number of carbonyl (C=O) groups is 2. The van der Waals surface area contributed by atoms with Gasteiger partial charge in [0.1, 0.15) is 6.04 Å². The number of hydrogen-bond acceptors (Lipinski definition) is 2. The lowest BCUT2D eigenvalue weighted by molar-refractivity contribution is -0.129. The molecule has 0 saturated heterocycles. The van der Waals surface area contributed by atoms with Crippen molar-refractivity contribution in [3.05, 3.63) is 35.4 Å². The quantitative estimate of drug-likeness (QED) is 0.830. The monoisotopic (exact) mass is 368 g/mol. The van der Waals surface area contributed by atoms with E-state index in [0.717, 1.165) is 42.6 Å². The summed E-state index contributed by atoms with van der Waals surface area (Å²) in [7, 11) is 0. The van der Waals surface area contributed by atoms with Crippen LogP contribution in [-0.2, 0) is 4.79 Å². The van der Waals surface area contributed by atoms with E-state index in [9.17, 15) is 9.59 Å². The van der Waals surface area contributed by atoms with Crippen LogP contribution in [0.2, 0.25) is 0 Å². The molecule has 4 heteroatoms. The average molecular weight is 369 g/mol. The van der Waals surface area contributed by atoms with E-state index in [-0.39, 0.29) is 23.3 Å². The Morgan fingerprint density at radius 3 is 1.96 bits per heavy atom. The van der Waals surface area contributed by atoms with Gasteiger partial charge >= 0.3 is 0 Å². The third kappa shape index (κ3) is 3.76. The molecular weight excluding hydrogens is 336 g/mol. The van der Waals surface area contributed by atoms with Crippen molar-refractivity contribution in [1.29, 1.82) is 0 Å². The molecule has 2 amide bonds. The smallest absolute Gasteiger partial charge is 0.251 e. The minimum Gasteiger partial charge on any atom is -0.349 e. The Morgan fingerprint density at radius 1 is 0.963 bits per heavy atom. The van der Waals surface area contributed by atoms with Gasteiger partial charge in [0.05, 0.1) is 0 Å². The lowest BCUT2D eigenvalue weighted by Crippen LogP contribution is -2.63. The van der Waals surface area contributed by atoms with Gasteiger partial charge in [0.25, 0.3) is 5.91 Å². The molecule has 0 aromatic heterocycles. The Kier molecular flexibility index (Phi) is 4.77. The molecule has 4 aliphatic rings. The van der Waals surface area contributed by atoms with Crippen molar-refractivity contribution < 1.29 is 9.59 Å². The van der Waals surface area contributed by atoms with Crippen molar-refractivity contribution in [3.8, 4) is 0 Å². The number of benzene rings is 1. The molecule has 2 N–H and O–H groups in total. The van der Waals surface area contributed by atoms with E-state index in [1.54, 1.807) is 0 Å². The Hall–Kier alpha value is -1.84. The summed E-state index contributed by atoms with van der Waals surface area (Å²) in [5.41, 5.74) is 1.70. The van der Waals surface area contributed by atoms with E-state index >= 15 is 0 Å². The first-order chi connectivity index (χ1) is 12.8. The van der Waals surface area contributed by atoms with Gasteiger partial charge < -0.3 is 10.6 Å². The van der Waals surface area contributed by atoms with Crippen LogP contribution in [0.25, 0.3) is 0 Å². The van der Waals surface area contributed by atoms with Crippen LogP contribution in [0, 0.1) is 30.6 Å². The molecule has 1 atom stereocenters. The maximum atomic E-state index is 13.2. The van der Waals surface area contributed by atoms with E-state index < -0.39 is 6.04 Å². The number of hydrogen-bond donors (Lipinski definition) is 2. The molecule has 4 bridgehead atoms. The predicted octanol–water partition coefficient (Wildman–Crippen LogP) is 3.83. The molecule has 1 unspecified atom stereocenters. The van der Waals surface area contributed by atoms with Crippen LogP contribution in [0.15, 0.2) is 24.3 Å². The average Bonchev–Trinajstić information content (AvgIpc) is 2.58. The standard InChI is InChI=1S/C23H32N2O2/c1-14(2)20(24-21(26)19-6-4-15(3)5-7-19)22(27)25-23-11-16-8-17(12-23)10-18(9-16)13-23/h4-7,14,16-18,20H,8-13H2,1-3H3,(H,24,26)(H,25,27). The Bertz CT molecular complexity index is 687. The minimum absolute atomic E-state index is 0.00703. The van der Waals surface area contributed by atoms with Crippen molar-refractivity contribution in [2.24, 2.45) is 23.7 Å². The summed E-state index contributed by atoms with van der Waals surface area (Å²) in [4.78, 5) is 25.8. The van der Waals surface area contributed by atoms with Gasteiger partial charge in [-0.2, -0.15) is 0 Å². The molecule has 27 heavy (non-hydrogen) atoms. The van der Waals surface area contributed by atoms with Crippen LogP contribution in [0.5, 0.6) is 0 Å². The normalized spacial score (nSPS) is 32.4. The molecule has 4 nitrogen and oxygen atoms in total. The molecule has 5 rings (SSSR count). The molecule has 4 fully saturated rings. The van der Waals surface area contributed by atoms with Crippen LogP contribution in [-0.4, -0.2) is 23.4 Å². The Labute approximate surface area is 162 Å². The molecule has 0 aliphatic heterocycles. The van der Waals surface area contributed by atoms with Gasteiger partial charge in [-0.25, -0.2) is 0 Å². The van der Waals surface area contributed by atoms with Crippen LogP contribution in [0.1, 0.15) is 68.3 Å². The van der Waals surface area contributed by atoms with Gasteiger partial charge in [-0.3, -0.25) is 9.59 Å². The highest BCUT2D eigenvalue weighted by Gasteiger charge is 2.52. The zero-order chi connectivity index (χ0) is 19.2. The molecule has 4 saturated carbocycles. The summed E-state index contributed by atoms with van der Waals surface area (Å²) in [6.45, 7) is 6.00. The second-order valence-electron chi connectivity index (χ2n) is 9.75. The molecule has 146 valence electrons. The Morgan fingerprint density at radius 2 is 1.48 bits per heavy atom. The van der Waals surface area contributed by atoms with E-state index in [1.165, 1.54) is 19.3 Å². The molecule has 0 spiro atoms. The summed E-state index contributed by atoms with van der Waals surface area (Å²) in [6, 6.07) is 6.99. The summed E-state index contributed by atoms with van der Waals surface area (Å²) >= 11 is 0. The number of nitrogens with one attached hydrogen (secondary N) is 2. The highest BCUT2D eigenvalue weighted by atomic mass is 16.2. The highest BCUT2D eigenvalue weighted by molar-refractivity contribution is 5.97. The van der Waals surface area contributed by atoms with Gasteiger partial charge in [-0.15, -0.1) is 0 Å². The minimum atomic E-state index is -0.494. The van der Waals surface area contributed by atoms with Gasteiger partial charge in [0, 0.05) is 11.1 Å². The fourth-order valence-electron chi connectivity index (χ4n) is 6.07. The van der Waals surface area contributed by atoms with E-state index in [1.807, 2.05) is 45.0 Å². The van der Waals surface area contributed by atoms with Crippen LogP contribution in [0.3, 0.4) is 0 Å². The number of carbonyl (C=O) groups excluding carboxylic acids is 2. The largest absolute Gasteiger partial charge is 0.349 e. The maximum absolute atomic E-state index is 13.2. The lowest BCUT2D eigenvalue weighted by Gasteiger charge is -2.57. The highest BCUT2D eigenvalue weighted by Crippen LogP contribution is 2.55. The summed E-state index contributed by atoms with van der Waals surface area (Å²) in [5, 5.41) is 6.40. The van der Waals surface area contributed by atoms with Crippen molar-refractivity contribution in [1.82, 2.24) is 10.6 Å². The molecule has 4 aliphatic carbocycles. The molecule has 1 aromatic carbocycles. The fourth-order valence-corrected chi connectivity index (χ4v) is 6.07. The lowest BCUT2D eigenvalue weighted by atomic mass is 9.53. The number of aryl methyl sites for hydroxylation is 1. The zero-order valence-corrected chi connectivity index (χ0v) is 16.8. The topological polar surface area (TPSA) is 58.2 Å². The molecule has 1 aromatic rings. The number of amides is 2. The summed E-state index contributed by atoms with van der Waals surface area (Å²) < 4.78 is 0. The summed E-state index contributed by atoms with van der Waals surface area (Å²) in [6.07, 6.45) is 7.44. The first-order valence-electron chi connectivity index (χ1n) is 10.5. The number of rotatable bonds is 5. The second-order valence-corrected chi connectivity index (χ2v) is 9.75. The fraction of sp³-hybridized carbons (Fsp3) is 0.652. The van der Waals surface area contributed by atoms with Crippen LogP contribution in [0.4, 0.5) is 0 Å². The molecule has 0 heterocycles.